The van der Waals surface area contributed by atoms with Crippen LogP contribution in [0.2, 0.25) is 5.02 Å². The molecule has 1 aliphatic heterocycles. The molecule has 1 aliphatic rings. The summed E-state index contributed by atoms with van der Waals surface area (Å²) in [6.45, 7) is 3.50. The van der Waals surface area contributed by atoms with E-state index in [0.717, 1.165) is 0 Å². The van der Waals surface area contributed by atoms with Gasteiger partial charge >= 0.3 is 5.69 Å². The van der Waals surface area contributed by atoms with E-state index in [1.54, 1.807) is 11.8 Å². The van der Waals surface area contributed by atoms with Crippen molar-refractivity contribution in [1.82, 2.24) is 4.90 Å². The van der Waals surface area contributed by atoms with Gasteiger partial charge in [0.05, 0.1) is 18.1 Å². The summed E-state index contributed by atoms with van der Waals surface area (Å²) in [6, 6.07) is 3.99. The molecule has 1 atom stereocenters. The Kier molecular flexibility index (Phi) is 4.98. The molecule has 1 amide bonds. The second-order valence-electron chi connectivity index (χ2n) is 4.57. The maximum atomic E-state index is 12.2. The predicted octanol–water partition coefficient (Wildman–Crippen LogP) is 1.87. The summed E-state index contributed by atoms with van der Waals surface area (Å²) in [5.74, 6) is -0.241. The van der Waals surface area contributed by atoms with Crippen LogP contribution in [0.25, 0.3) is 0 Å². The van der Waals surface area contributed by atoms with Crippen molar-refractivity contribution < 1.29 is 19.2 Å². The van der Waals surface area contributed by atoms with Gasteiger partial charge in [-0.15, -0.1) is 0 Å². The highest BCUT2D eigenvalue weighted by Crippen LogP contribution is 2.30. The zero-order valence-electron chi connectivity index (χ0n) is 11.5. The number of benzene rings is 1. The third kappa shape index (κ3) is 3.83. The molecule has 0 spiro atoms. The molecule has 2 rings (SSSR count). The molecule has 0 saturated carbocycles. The van der Waals surface area contributed by atoms with E-state index in [9.17, 15) is 14.9 Å². The zero-order valence-corrected chi connectivity index (χ0v) is 12.2. The van der Waals surface area contributed by atoms with Crippen LogP contribution in [0.1, 0.15) is 6.92 Å². The van der Waals surface area contributed by atoms with E-state index in [0.29, 0.717) is 31.3 Å². The molecule has 1 fully saturated rings. The van der Waals surface area contributed by atoms with Crippen LogP contribution in [-0.2, 0) is 9.53 Å². The average molecular weight is 315 g/mol. The predicted molar refractivity (Wildman–Crippen MR) is 75.6 cm³/mol. The lowest BCUT2D eigenvalue weighted by Gasteiger charge is -2.29. The lowest BCUT2D eigenvalue weighted by atomic mass is 10.2. The second kappa shape index (κ2) is 6.73. The number of carbonyl (C=O) groups is 1. The first-order valence-electron chi connectivity index (χ1n) is 6.46. The number of ether oxygens (including phenoxy) is 2. The minimum Gasteiger partial charge on any atom is -0.474 e. The Bertz CT molecular complexity index is 545. The van der Waals surface area contributed by atoms with Gasteiger partial charge in [-0.2, -0.15) is 0 Å². The molecule has 1 saturated heterocycles. The van der Waals surface area contributed by atoms with Gasteiger partial charge in [-0.05, 0) is 13.0 Å². The van der Waals surface area contributed by atoms with E-state index < -0.39 is 11.0 Å². The van der Waals surface area contributed by atoms with E-state index >= 15 is 0 Å². The van der Waals surface area contributed by atoms with Gasteiger partial charge in [-0.1, -0.05) is 11.6 Å². The number of nitro groups is 1. The molecule has 114 valence electrons. The summed E-state index contributed by atoms with van der Waals surface area (Å²) in [7, 11) is 0. The van der Waals surface area contributed by atoms with E-state index in [-0.39, 0.29) is 17.3 Å². The largest absolute Gasteiger partial charge is 0.474 e. The van der Waals surface area contributed by atoms with Crippen molar-refractivity contribution in [2.24, 2.45) is 0 Å². The van der Waals surface area contributed by atoms with Gasteiger partial charge in [0.15, 0.2) is 11.9 Å². The summed E-state index contributed by atoms with van der Waals surface area (Å²) in [6.07, 6.45) is -0.833. The van der Waals surface area contributed by atoms with Crippen LogP contribution in [0.3, 0.4) is 0 Å². The highest BCUT2D eigenvalue weighted by Gasteiger charge is 2.26. The maximum absolute atomic E-state index is 12.2. The zero-order chi connectivity index (χ0) is 15.4. The van der Waals surface area contributed by atoms with Gasteiger partial charge in [-0.25, -0.2) is 0 Å². The molecule has 0 N–H and O–H groups in total. The molecule has 1 heterocycles. The Balaban J connectivity index is 2.11. The van der Waals surface area contributed by atoms with Crippen LogP contribution in [-0.4, -0.2) is 48.1 Å². The van der Waals surface area contributed by atoms with E-state index in [4.69, 9.17) is 21.1 Å². The topological polar surface area (TPSA) is 81.9 Å². The normalized spacial score (nSPS) is 16.4. The van der Waals surface area contributed by atoms with Gasteiger partial charge in [0, 0.05) is 30.2 Å². The lowest BCUT2D eigenvalue weighted by Crippen LogP contribution is -2.46. The molecule has 0 radical (unpaired) electrons. The highest BCUT2D eigenvalue weighted by atomic mass is 35.5. The Labute approximate surface area is 126 Å². The van der Waals surface area contributed by atoms with E-state index in [2.05, 4.69) is 0 Å². The third-order valence-electron chi connectivity index (χ3n) is 3.09. The summed E-state index contributed by atoms with van der Waals surface area (Å²) >= 11 is 5.82. The van der Waals surface area contributed by atoms with Gasteiger partial charge in [0.1, 0.15) is 0 Å². The number of hydrogen-bond acceptors (Lipinski definition) is 5. The molecular weight excluding hydrogens is 300 g/mol. The van der Waals surface area contributed by atoms with Crippen molar-refractivity contribution in [3.8, 4) is 5.75 Å². The molecule has 0 aliphatic carbocycles. The molecule has 1 aromatic carbocycles. The summed E-state index contributed by atoms with van der Waals surface area (Å²) < 4.78 is 10.6. The fourth-order valence-corrected chi connectivity index (χ4v) is 2.18. The second-order valence-corrected chi connectivity index (χ2v) is 5.00. The first kappa shape index (κ1) is 15.5. The Morgan fingerprint density at radius 3 is 2.76 bits per heavy atom. The quantitative estimate of drug-likeness (QED) is 0.626. The SMILES string of the molecule is CC(Oc1cc(Cl)ccc1[N+](=O)[O-])C(=O)N1CCOCC1. The summed E-state index contributed by atoms with van der Waals surface area (Å²) in [4.78, 5) is 24.2. The Morgan fingerprint density at radius 1 is 1.48 bits per heavy atom. The number of rotatable bonds is 4. The van der Waals surface area contributed by atoms with Gasteiger partial charge < -0.3 is 14.4 Å². The van der Waals surface area contributed by atoms with Gasteiger partial charge in [-0.3, -0.25) is 14.9 Å². The van der Waals surface area contributed by atoms with Gasteiger partial charge in [0.25, 0.3) is 5.91 Å². The first-order valence-corrected chi connectivity index (χ1v) is 6.84. The molecule has 0 aromatic heterocycles. The number of nitro benzene ring substituents is 1. The van der Waals surface area contributed by atoms with Crippen LogP contribution >= 0.6 is 11.6 Å². The molecule has 1 aromatic rings. The standard InChI is InChI=1S/C13H15ClN2O5/c1-9(13(17)15-4-6-20-7-5-15)21-12-8-10(14)2-3-11(12)16(18)19/h2-3,8-9H,4-7H2,1H3. The molecule has 1 unspecified atom stereocenters. The van der Waals surface area contributed by atoms with Crippen LogP contribution in [0, 0.1) is 10.1 Å². The molecule has 0 bridgehead atoms. The number of amides is 1. The summed E-state index contributed by atoms with van der Waals surface area (Å²) in [5.41, 5.74) is -0.221. The van der Waals surface area contributed by atoms with Crippen molar-refractivity contribution in [1.29, 1.82) is 0 Å². The van der Waals surface area contributed by atoms with Crippen molar-refractivity contribution in [2.75, 3.05) is 26.3 Å². The maximum Gasteiger partial charge on any atom is 0.311 e. The minimum atomic E-state index is -0.833. The smallest absolute Gasteiger partial charge is 0.311 e. The van der Waals surface area contributed by atoms with E-state index in [1.807, 2.05) is 0 Å². The number of nitrogens with zero attached hydrogens (tertiary/aromatic N) is 2. The number of hydrogen-bond donors (Lipinski definition) is 0. The van der Waals surface area contributed by atoms with Gasteiger partial charge in [0.2, 0.25) is 0 Å². The Hall–Kier alpha value is -1.86. The van der Waals surface area contributed by atoms with Crippen LogP contribution < -0.4 is 4.74 Å². The summed E-state index contributed by atoms with van der Waals surface area (Å²) in [5, 5.41) is 11.3. The van der Waals surface area contributed by atoms with Crippen LogP contribution in [0.5, 0.6) is 5.75 Å². The monoisotopic (exact) mass is 314 g/mol. The number of halogens is 1. The van der Waals surface area contributed by atoms with Crippen molar-refractivity contribution >= 4 is 23.2 Å². The van der Waals surface area contributed by atoms with Crippen molar-refractivity contribution in [2.45, 2.75) is 13.0 Å². The Morgan fingerprint density at radius 2 is 2.14 bits per heavy atom. The first-order chi connectivity index (χ1) is 9.99. The van der Waals surface area contributed by atoms with Crippen LogP contribution in [0.15, 0.2) is 18.2 Å². The van der Waals surface area contributed by atoms with Crippen molar-refractivity contribution in [3.63, 3.8) is 0 Å². The van der Waals surface area contributed by atoms with Crippen LogP contribution in [0.4, 0.5) is 5.69 Å². The molecule has 7 nitrogen and oxygen atoms in total. The third-order valence-corrected chi connectivity index (χ3v) is 3.33. The molecule has 8 heteroatoms. The minimum absolute atomic E-state index is 0.0124. The number of carbonyl (C=O) groups excluding carboxylic acids is 1. The molecular formula is C13H15ClN2O5. The van der Waals surface area contributed by atoms with E-state index in [1.165, 1.54) is 18.2 Å². The number of morpholine rings is 1. The average Bonchev–Trinajstić information content (AvgIpc) is 2.47. The molecule has 21 heavy (non-hydrogen) atoms. The fraction of sp³-hybridized carbons (Fsp3) is 0.462. The fourth-order valence-electron chi connectivity index (χ4n) is 2.01. The van der Waals surface area contributed by atoms with Crippen molar-refractivity contribution in [3.05, 3.63) is 33.3 Å². The highest BCUT2D eigenvalue weighted by molar-refractivity contribution is 6.30. The lowest BCUT2D eigenvalue weighted by molar-refractivity contribution is -0.386.